The van der Waals surface area contributed by atoms with E-state index in [1.807, 2.05) is 0 Å². The third kappa shape index (κ3) is 27.2. The van der Waals surface area contributed by atoms with Gasteiger partial charge in [0.1, 0.15) is 0 Å². The van der Waals surface area contributed by atoms with Crippen LogP contribution < -0.4 is 0 Å². The van der Waals surface area contributed by atoms with Gasteiger partial charge in [0.25, 0.3) is 0 Å². The monoisotopic (exact) mass is 526 g/mol. The first kappa shape index (κ1) is 26.5. The Labute approximate surface area is 164 Å². The predicted octanol–water partition coefficient (Wildman–Crippen LogP) is 7.74. The molecule has 0 atom stereocenters. The largest absolute Gasteiger partial charge is 0.678 e. The van der Waals surface area contributed by atoms with Crippen molar-refractivity contribution in [3.63, 3.8) is 0 Å². The molecule has 0 bridgehead atoms. The van der Waals surface area contributed by atoms with Crippen LogP contribution >= 0.6 is 0 Å². The number of allylic oxidation sites excluding steroid dienone is 2. The fourth-order valence-corrected chi connectivity index (χ4v) is 4.92. The van der Waals surface area contributed by atoms with Crippen LogP contribution in [0, 0.1) is 0 Å². The number of carbonyl (C=O) groups is 1. The van der Waals surface area contributed by atoms with E-state index in [-0.39, 0.29) is 0 Å². The maximum Gasteiger partial charge on any atom is -0.0845 e. The number of nitrogens with one attached hydrogen (secondary N) is 1. The molecule has 0 saturated heterocycles. The maximum atomic E-state index is 11.2. The van der Waals surface area contributed by atoms with Gasteiger partial charge < -0.3 is 5.73 Å². The zero-order valence-electron chi connectivity index (χ0n) is 16.9. The molecule has 0 aliphatic carbocycles. The summed E-state index contributed by atoms with van der Waals surface area (Å²) >= 11 is -1.03. The van der Waals surface area contributed by atoms with E-state index in [1.165, 1.54) is 77.0 Å². The smallest absolute Gasteiger partial charge is 0.0845 e. The second kappa shape index (κ2) is 25.5. The molecule has 0 aromatic carbocycles. The standard InChI is InChI=1S/C18H33O.C2H6N.CH3.Hg/c1-2-3-4-5-6-7-8-9-10-11-12-13-14-15-16-17-18-19;1-2-3;;/h9-10H,2-8,11-17H2,1H3;3H,2H2,1H3;1H3;/q;-1;;/b10-9-;;;. The number of carbonyl (C=O) groups excluding carboxylic acids is 1. The predicted molar refractivity (Wildman–Crippen MR) is 105 cm³/mol. The molecule has 0 amide bonds. The molecule has 140 valence electrons. The topological polar surface area (TPSA) is 40.9 Å². The minimum absolute atomic E-state index is 0.500. The van der Waals surface area contributed by atoms with Gasteiger partial charge in [-0.25, -0.2) is 0 Å². The van der Waals surface area contributed by atoms with Gasteiger partial charge >= 0.3 is 107 Å². The van der Waals surface area contributed by atoms with Gasteiger partial charge in [0.05, 0.1) is 0 Å². The minimum atomic E-state index is -1.03. The van der Waals surface area contributed by atoms with E-state index in [9.17, 15) is 4.79 Å². The summed E-state index contributed by atoms with van der Waals surface area (Å²) in [5.41, 5.74) is 6.21. The molecule has 0 saturated carbocycles. The van der Waals surface area contributed by atoms with Crippen molar-refractivity contribution in [1.82, 2.24) is 0 Å². The summed E-state index contributed by atoms with van der Waals surface area (Å²) < 4.78 is 2.83. The van der Waals surface area contributed by atoms with Crippen molar-refractivity contribution >= 4 is 3.29 Å². The van der Waals surface area contributed by atoms with E-state index in [2.05, 4.69) is 23.5 Å². The summed E-state index contributed by atoms with van der Waals surface area (Å²) in [4.78, 5) is 11.2. The third-order valence-electron chi connectivity index (χ3n) is 4.11. The van der Waals surface area contributed by atoms with Gasteiger partial charge in [0.15, 0.2) is 0 Å². The first-order chi connectivity index (χ1) is 11.7. The van der Waals surface area contributed by atoms with E-state index in [1.54, 1.807) is 6.92 Å². The summed E-state index contributed by atoms with van der Waals surface area (Å²) in [6, 6.07) is 0. The van der Waals surface area contributed by atoms with Crippen LogP contribution in [0.25, 0.3) is 5.73 Å². The van der Waals surface area contributed by atoms with Crippen molar-refractivity contribution in [2.75, 3.05) is 6.54 Å². The molecule has 0 aromatic heterocycles. The van der Waals surface area contributed by atoms with Crippen molar-refractivity contribution in [3.05, 3.63) is 17.9 Å². The number of rotatable bonds is 16. The summed E-state index contributed by atoms with van der Waals surface area (Å²) in [7, 11) is 0. The molecule has 3 heteroatoms. The minimum Gasteiger partial charge on any atom is -0.678 e. The molecule has 0 aliphatic rings. The van der Waals surface area contributed by atoms with Gasteiger partial charge in [-0.15, -0.1) is 0 Å². The number of hydrogen-bond donors (Lipinski definition) is 0. The molecule has 0 spiro atoms. The van der Waals surface area contributed by atoms with Gasteiger partial charge in [-0.05, 0) is 0 Å². The zero-order valence-corrected chi connectivity index (χ0v) is 22.4. The molecule has 1 N–H and O–H groups in total. The molecular formula is C21H42HgNO-. The second-order valence-electron chi connectivity index (χ2n) is 6.58. The van der Waals surface area contributed by atoms with E-state index in [4.69, 9.17) is 5.73 Å². The van der Waals surface area contributed by atoms with E-state index in [0.717, 1.165) is 12.8 Å². The van der Waals surface area contributed by atoms with Crippen LogP contribution in [0.4, 0.5) is 0 Å². The van der Waals surface area contributed by atoms with E-state index >= 15 is 0 Å². The van der Waals surface area contributed by atoms with Crippen LogP contribution in [0.1, 0.15) is 104 Å². The quantitative estimate of drug-likeness (QED) is 0.116. The summed E-state index contributed by atoms with van der Waals surface area (Å²) in [6.45, 7) is 4.57. The molecule has 0 fully saturated rings. The summed E-state index contributed by atoms with van der Waals surface area (Å²) in [5.74, 6) is 0. The average Bonchev–Trinajstić information content (AvgIpc) is 2.58. The maximum absolute atomic E-state index is 11.2. The third-order valence-corrected chi connectivity index (χ3v) is 8.55. The molecule has 2 nitrogen and oxygen atoms in total. The number of hydrogen-bond acceptors (Lipinski definition) is 1. The fraction of sp³-hybridized carbons (Fsp3) is 0.857. The SMILES string of the molecule is CCCCCCCC/C=C\CCCCCCC[C](=O)[Hg][CH3].CC[NH-]. The van der Waals surface area contributed by atoms with Crippen LogP contribution in [0.5, 0.6) is 0 Å². The van der Waals surface area contributed by atoms with E-state index < -0.39 is 24.6 Å². The van der Waals surface area contributed by atoms with Crippen LogP contribution in [-0.2, 0) is 29.4 Å². The van der Waals surface area contributed by atoms with Gasteiger partial charge in [-0.1, -0.05) is 46.0 Å². The average molecular weight is 525 g/mol. The first-order valence-corrected chi connectivity index (χ1v) is 18.8. The Balaban J connectivity index is 0. The van der Waals surface area contributed by atoms with Gasteiger partial charge in [-0.2, -0.15) is 6.54 Å². The van der Waals surface area contributed by atoms with Gasteiger partial charge in [0.2, 0.25) is 0 Å². The zero-order chi connectivity index (χ0) is 18.3. The van der Waals surface area contributed by atoms with Crippen LogP contribution in [-0.4, -0.2) is 9.84 Å². The molecule has 0 rings (SSSR count). The Morgan fingerprint density at radius 1 is 0.792 bits per heavy atom. The van der Waals surface area contributed by atoms with Gasteiger partial charge in [0, 0.05) is 0 Å². The molecule has 0 aliphatic heterocycles. The van der Waals surface area contributed by atoms with Gasteiger partial charge in [-0.3, -0.25) is 0 Å². The van der Waals surface area contributed by atoms with E-state index in [0.29, 0.717) is 9.84 Å². The Kier molecular flexibility index (Phi) is 28.2. The molecule has 0 unspecified atom stereocenters. The van der Waals surface area contributed by atoms with Crippen molar-refractivity contribution in [2.45, 2.75) is 108 Å². The fourth-order valence-electron chi connectivity index (χ4n) is 2.57. The Morgan fingerprint density at radius 2 is 1.21 bits per heavy atom. The van der Waals surface area contributed by atoms with Crippen molar-refractivity contribution in [3.8, 4) is 0 Å². The van der Waals surface area contributed by atoms with Crippen molar-refractivity contribution in [1.29, 1.82) is 0 Å². The van der Waals surface area contributed by atoms with Crippen LogP contribution in [0.2, 0.25) is 4.43 Å². The second-order valence-corrected chi connectivity index (χ2v) is 12.4. The molecule has 0 heterocycles. The molecule has 24 heavy (non-hydrogen) atoms. The summed E-state index contributed by atoms with van der Waals surface area (Å²) in [6.07, 6.45) is 23.0. The normalized spacial score (nSPS) is 10.3. The summed E-state index contributed by atoms with van der Waals surface area (Å²) in [5, 5.41) is 0. The molecule has 0 radical (unpaired) electrons. The molecule has 0 aromatic rings. The Hall–Kier alpha value is 0.305. The molecular weight excluding hydrogens is 483 g/mol. The Morgan fingerprint density at radius 3 is 1.67 bits per heavy atom. The van der Waals surface area contributed by atoms with Crippen molar-refractivity contribution < 1.29 is 29.4 Å². The van der Waals surface area contributed by atoms with Crippen LogP contribution in [0.15, 0.2) is 12.2 Å². The first-order valence-electron chi connectivity index (χ1n) is 10.5. The van der Waals surface area contributed by atoms with Crippen molar-refractivity contribution in [2.24, 2.45) is 0 Å². The Bertz CT molecular complexity index is 267. The number of unbranched alkanes of at least 4 members (excludes halogenated alkanes) is 11. The van der Waals surface area contributed by atoms with Crippen LogP contribution in [0.3, 0.4) is 0 Å².